The van der Waals surface area contributed by atoms with Crippen molar-refractivity contribution in [3.8, 4) is 11.5 Å². The third-order valence-corrected chi connectivity index (χ3v) is 3.58. The molecule has 0 unspecified atom stereocenters. The SMILES string of the molecule is CNCCNc1nc(N)ncc1Oc1cc(Br)ncc1C(C)C. The molecule has 0 aromatic carbocycles. The first-order chi connectivity index (χ1) is 11.0. The summed E-state index contributed by atoms with van der Waals surface area (Å²) in [6.45, 7) is 5.66. The number of hydrogen-bond acceptors (Lipinski definition) is 7. The molecule has 0 atom stereocenters. The zero-order valence-corrected chi connectivity index (χ0v) is 15.0. The molecule has 0 amide bonds. The standard InChI is InChI=1S/C15H21BrN6O/c1-9(2)10-7-20-13(16)6-11(10)23-12-8-21-15(17)22-14(12)19-5-4-18-3/h6-9,18H,4-5H2,1-3H3,(H3,17,19,21,22). The lowest BCUT2D eigenvalue weighted by molar-refractivity contribution is 0.469. The molecule has 8 heteroatoms. The lowest BCUT2D eigenvalue weighted by atomic mass is 10.1. The molecule has 2 aromatic heterocycles. The molecule has 0 bridgehead atoms. The van der Waals surface area contributed by atoms with E-state index in [9.17, 15) is 0 Å². The Morgan fingerprint density at radius 3 is 2.70 bits per heavy atom. The summed E-state index contributed by atoms with van der Waals surface area (Å²) in [4.78, 5) is 12.5. The fourth-order valence-electron chi connectivity index (χ4n) is 1.96. The van der Waals surface area contributed by atoms with Gasteiger partial charge >= 0.3 is 0 Å². The molecule has 0 aliphatic carbocycles. The van der Waals surface area contributed by atoms with Gasteiger partial charge in [0.05, 0.1) is 6.20 Å². The van der Waals surface area contributed by atoms with Gasteiger partial charge in [0.1, 0.15) is 10.4 Å². The number of likely N-dealkylation sites (N-methyl/N-ethyl adjacent to an activating group) is 1. The van der Waals surface area contributed by atoms with Crippen LogP contribution in [0, 0.1) is 0 Å². The lowest BCUT2D eigenvalue weighted by Crippen LogP contribution is -2.19. The molecule has 4 N–H and O–H groups in total. The third-order valence-electron chi connectivity index (χ3n) is 3.14. The molecule has 0 fully saturated rings. The van der Waals surface area contributed by atoms with Crippen LogP contribution >= 0.6 is 15.9 Å². The Hall–Kier alpha value is -1.93. The van der Waals surface area contributed by atoms with Crippen molar-refractivity contribution < 1.29 is 4.74 Å². The van der Waals surface area contributed by atoms with E-state index in [0.717, 1.165) is 12.1 Å². The zero-order valence-electron chi connectivity index (χ0n) is 13.4. The first-order valence-corrected chi connectivity index (χ1v) is 8.14. The van der Waals surface area contributed by atoms with Gasteiger partial charge in [0.15, 0.2) is 11.6 Å². The van der Waals surface area contributed by atoms with Crippen LogP contribution in [0.1, 0.15) is 25.3 Å². The number of ether oxygens (including phenoxy) is 1. The second-order valence-electron chi connectivity index (χ2n) is 5.27. The van der Waals surface area contributed by atoms with Crippen LogP contribution in [0.15, 0.2) is 23.1 Å². The van der Waals surface area contributed by atoms with E-state index in [1.54, 1.807) is 12.4 Å². The Morgan fingerprint density at radius 1 is 1.22 bits per heavy atom. The van der Waals surface area contributed by atoms with E-state index >= 15 is 0 Å². The highest BCUT2D eigenvalue weighted by atomic mass is 79.9. The molecule has 0 radical (unpaired) electrons. The van der Waals surface area contributed by atoms with Gasteiger partial charge in [-0.1, -0.05) is 13.8 Å². The number of aromatic nitrogens is 3. The summed E-state index contributed by atoms with van der Waals surface area (Å²) >= 11 is 3.37. The maximum Gasteiger partial charge on any atom is 0.222 e. The predicted molar refractivity (Wildman–Crippen MR) is 95.0 cm³/mol. The maximum atomic E-state index is 6.04. The average molecular weight is 381 g/mol. The van der Waals surface area contributed by atoms with Crippen LogP contribution in [0.25, 0.3) is 0 Å². The third kappa shape index (κ3) is 4.77. The van der Waals surface area contributed by atoms with Crippen molar-refractivity contribution in [2.24, 2.45) is 0 Å². The van der Waals surface area contributed by atoms with Gasteiger partial charge in [-0.05, 0) is 28.9 Å². The van der Waals surface area contributed by atoms with E-state index in [4.69, 9.17) is 10.5 Å². The number of pyridine rings is 1. The first-order valence-electron chi connectivity index (χ1n) is 7.35. The summed E-state index contributed by atoms with van der Waals surface area (Å²) in [5.74, 6) is 2.28. The fraction of sp³-hybridized carbons (Fsp3) is 0.400. The minimum absolute atomic E-state index is 0.198. The Balaban J connectivity index is 2.31. The highest BCUT2D eigenvalue weighted by molar-refractivity contribution is 9.10. The number of anilines is 2. The average Bonchev–Trinajstić information content (AvgIpc) is 2.50. The fourth-order valence-corrected chi connectivity index (χ4v) is 2.27. The van der Waals surface area contributed by atoms with Gasteiger partial charge in [-0.25, -0.2) is 9.97 Å². The molecule has 124 valence electrons. The number of rotatable bonds is 7. The van der Waals surface area contributed by atoms with Crippen molar-refractivity contribution in [2.75, 3.05) is 31.2 Å². The monoisotopic (exact) mass is 380 g/mol. The van der Waals surface area contributed by atoms with Gasteiger partial charge in [0.2, 0.25) is 5.95 Å². The van der Waals surface area contributed by atoms with E-state index in [-0.39, 0.29) is 11.9 Å². The number of nitrogens with zero attached hydrogens (tertiary/aromatic N) is 3. The lowest BCUT2D eigenvalue weighted by Gasteiger charge is -2.16. The topological polar surface area (TPSA) is 98.0 Å². The second kappa shape index (κ2) is 8.07. The summed E-state index contributed by atoms with van der Waals surface area (Å²) in [6.07, 6.45) is 3.37. The van der Waals surface area contributed by atoms with Gasteiger partial charge in [-0.3, -0.25) is 0 Å². The highest BCUT2D eigenvalue weighted by Crippen LogP contribution is 2.34. The van der Waals surface area contributed by atoms with Gasteiger partial charge in [-0.2, -0.15) is 4.98 Å². The molecule has 2 aromatic rings. The first kappa shape index (κ1) is 17.4. The molecule has 0 spiro atoms. The van der Waals surface area contributed by atoms with Gasteiger partial charge in [-0.15, -0.1) is 0 Å². The molecular weight excluding hydrogens is 360 g/mol. The molecule has 0 aliphatic rings. The summed E-state index contributed by atoms with van der Waals surface area (Å²) in [6, 6.07) is 1.84. The minimum atomic E-state index is 0.198. The number of nitrogen functional groups attached to an aromatic ring is 1. The largest absolute Gasteiger partial charge is 0.451 e. The Labute approximate surface area is 144 Å². The van der Waals surface area contributed by atoms with Crippen molar-refractivity contribution in [3.05, 3.63) is 28.6 Å². The molecule has 0 saturated heterocycles. The molecule has 0 saturated carbocycles. The minimum Gasteiger partial charge on any atom is -0.451 e. The molecular formula is C15H21BrN6O. The van der Waals surface area contributed by atoms with E-state index in [2.05, 4.69) is 55.4 Å². The van der Waals surface area contributed by atoms with E-state index in [0.29, 0.717) is 28.5 Å². The second-order valence-corrected chi connectivity index (χ2v) is 6.09. The normalized spacial score (nSPS) is 10.8. The van der Waals surface area contributed by atoms with Crippen LogP contribution in [-0.2, 0) is 0 Å². The smallest absolute Gasteiger partial charge is 0.222 e. The van der Waals surface area contributed by atoms with Crippen molar-refractivity contribution in [2.45, 2.75) is 19.8 Å². The van der Waals surface area contributed by atoms with E-state index in [1.165, 1.54) is 0 Å². The van der Waals surface area contributed by atoms with Crippen LogP contribution in [-0.4, -0.2) is 35.1 Å². The van der Waals surface area contributed by atoms with E-state index in [1.807, 2.05) is 13.1 Å². The van der Waals surface area contributed by atoms with Crippen LogP contribution in [0.3, 0.4) is 0 Å². The van der Waals surface area contributed by atoms with Crippen molar-refractivity contribution in [3.63, 3.8) is 0 Å². The molecule has 2 rings (SSSR count). The summed E-state index contributed by atoms with van der Waals surface area (Å²) in [5.41, 5.74) is 6.68. The van der Waals surface area contributed by atoms with Crippen molar-refractivity contribution in [1.82, 2.24) is 20.3 Å². The molecule has 2 heterocycles. The highest BCUT2D eigenvalue weighted by Gasteiger charge is 2.14. The summed E-state index contributed by atoms with van der Waals surface area (Å²) < 4.78 is 6.74. The zero-order chi connectivity index (χ0) is 16.8. The predicted octanol–water partition coefficient (Wildman–Crippen LogP) is 2.76. The Kier molecular flexibility index (Phi) is 6.12. The van der Waals surface area contributed by atoms with Crippen LogP contribution in [0.4, 0.5) is 11.8 Å². The Morgan fingerprint density at radius 2 is 2.00 bits per heavy atom. The van der Waals surface area contributed by atoms with Gasteiger partial charge < -0.3 is 21.1 Å². The summed E-state index contributed by atoms with van der Waals surface area (Å²) in [5, 5.41) is 6.25. The number of nitrogens with one attached hydrogen (secondary N) is 2. The quantitative estimate of drug-likeness (QED) is 0.501. The maximum absolute atomic E-state index is 6.04. The van der Waals surface area contributed by atoms with Gasteiger partial charge in [0, 0.05) is 30.9 Å². The molecule has 0 aliphatic heterocycles. The van der Waals surface area contributed by atoms with Crippen LogP contribution in [0.5, 0.6) is 11.5 Å². The molecule has 23 heavy (non-hydrogen) atoms. The van der Waals surface area contributed by atoms with Gasteiger partial charge in [0.25, 0.3) is 0 Å². The molecule has 7 nitrogen and oxygen atoms in total. The van der Waals surface area contributed by atoms with Crippen molar-refractivity contribution >= 4 is 27.7 Å². The van der Waals surface area contributed by atoms with Crippen LogP contribution < -0.4 is 21.1 Å². The number of halogens is 1. The van der Waals surface area contributed by atoms with Crippen LogP contribution in [0.2, 0.25) is 0 Å². The Bertz CT molecular complexity index is 664. The number of nitrogens with two attached hydrogens (primary N) is 1. The summed E-state index contributed by atoms with van der Waals surface area (Å²) in [7, 11) is 1.89. The van der Waals surface area contributed by atoms with E-state index < -0.39 is 0 Å². The number of hydrogen-bond donors (Lipinski definition) is 3. The van der Waals surface area contributed by atoms with Crippen molar-refractivity contribution in [1.29, 1.82) is 0 Å².